The molecular weight excluding hydrogens is 416 g/mol. The van der Waals surface area contributed by atoms with Crippen LogP contribution in [0.15, 0.2) is 36.4 Å². The third-order valence-electron chi connectivity index (χ3n) is 5.71. The minimum atomic E-state index is -1.61. The number of urea groups is 1. The predicted molar refractivity (Wildman–Crippen MR) is 117 cm³/mol. The first kappa shape index (κ1) is 23.4. The average molecular weight is 443 g/mol. The smallest absolute Gasteiger partial charge is 0.324 e. The summed E-state index contributed by atoms with van der Waals surface area (Å²) < 4.78 is 27.0. The second kappa shape index (κ2) is 8.68. The fraction of sp³-hybridized carbons (Fsp3) is 0.375. The van der Waals surface area contributed by atoms with Crippen LogP contribution in [0.4, 0.5) is 19.3 Å². The molecule has 0 radical (unpaired) electrons. The van der Waals surface area contributed by atoms with Crippen molar-refractivity contribution in [3.05, 3.63) is 64.7 Å². The van der Waals surface area contributed by atoms with Crippen LogP contribution in [0.1, 0.15) is 63.1 Å². The molecule has 1 fully saturated rings. The van der Waals surface area contributed by atoms with Crippen LogP contribution in [0, 0.1) is 11.6 Å². The van der Waals surface area contributed by atoms with Crippen LogP contribution in [0.25, 0.3) is 0 Å². The van der Waals surface area contributed by atoms with E-state index in [9.17, 15) is 23.2 Å². The Morgan fingerprint density at radius 1 is 1.03 bits per heavy atom. The van der Waals surface area contributed by atoms with Gasteiger partial charge in [0.15, 0.2) is 11.6 Å². The molecule has 4 amide bonds. The first-order valence-corrected chi connectivity index (χ1v) is 10.5. The molecule has 2 aromatic carbocycles. The van der Waals surface area contributed by atoms with Crippen molar-refractivity contribution < 1.29 is 23.2 Å². The summed E-state index contributed by atoms with van der Waals surface area (Å²) in [6, 6.07) is 8.00. The van der Waals surface area contributed by atoms with E-state index in [4.69, 9.17) is 0 Å². The molecule has 6 nitrogen and oxygen atoms in total. The number of amides is 4. The van der Waals surface area contributed by atoms with Crippen LogP contribution in [-0.2, 0) is 15.1 Å². The maximum Gasteiger partial charge on any atom is 0.325 e. The molecule has 0 spiro atoms. The highest BCUT2D eigenvalue weighted by Crippen LogP contribution is 2.33. The van der Waals surface area contributed by atoms with E-state index in [1.807, 2.05) is 45.9 Å². The fourth-order valence-corrected chi connectivity index (χ4v) is 3.86. The van der Waals surface area contributed by atoms with Gasteiger partial charge in [-0.1, -0.05) is 52.0 Å². The fourth-order valence-electron chi connectivity index (χ4n) is 3.86. The van der Waals surface area contributed by atoms with E-state index < -0.39 is 41.6 Å². The molecule has 1 aliphatic rings. The molecule has 32 heavy (non-hydrogen) atoms. The molecule has 3 rings (SSSR count). The Labute approximate surface area is 186 Å². The molecule has 1 unspecified atom stereocenters. The van der Waals surface area contributed by atoms with Crippen LogP contribution in [-0.4, -0.2) is 29.3 Å². The number of anilines is 1. The molecule has 2 N–H and O–H groups in total. The summed E-state index contributed by atoms with van der Waals surface area (Å²) in [6.45, 7) is 8.94. The number of nitrogens with zero attached hydrogens (tertiary/aromatic N) is 1. The predicted octanol–water partition coefficient (Wildman–Crippen LogP) is 4.62. The number of para-hydroxylation sites is 1. The van der Waals surface area contributed by atoms with Gasteiger partial charge < -0.3 is 10.6 Å². The largest absolute Gasteiger partial charge is 0.325 e. The van der Waals surface area contributed by atoms with Gasteiger partial charge in [-0.15, -0.1) is 0 Å². The number of nitrogens with one attached hydrogen (secondary N) is 2. The zero-order chi connectivity index (χ0) is 23.8. The highest BCUT2D eigenvalue weighted by atomic mass is 19.2. The molecule has 0 bridgehead atoms. The lowest BCUT2D eigenvalue weighted by Gasteiger charge is -2.23. The molecule has 1 atom stereocenters. The number of imide groups is 1. The Balaban J connectivity index is 1.84. The number of hydrogen-bond donors (Lipinski definition) is 2. The summed E-state index contributed by atoms with van der Waals surface area (Å²) in [5, 5.41) is 5.36. The van der Waals surface area contributed by atoms with Gasteiger partial charge in [-0.3, -0.25) is 14.5 Å². The molecular formula is C24H27F2N3O3. The summed E-state index contributed by atoms with van der Waals surface area (Å²) in [5.41, 5.74) is 1.06. The van der Waals surface area contributed by atoms with Crippen molar-refractivity contribution in [3.8, 4) is 0 Å². The maximum atomic E-state index is 13.7. The van der Waals surface area contributed by atoms with Crippen molar-refractivity contribution in [2.24, 2.45) is 0 Å². The van der Waals surface area contributed by atoms with Crippen LogP contribution < -0.4 is 10.6 Å². The van der Waals surface area contributed by atoms with E-state index in [0.717, 1.165) is 28.2 Å². The van der Waals surface area contributed by atoms with Crippen molar-refractivity contribution in [3.63, 3.8) is 0 Å². The molecule has 1 aliphatic heterocycles. The molecule has 1 heterocycles. The van der Waals surface area contributed by atoms with Crippen molar-refractivity contribution in [2.75, 3.05) is 11.9 Å². The van der Waals surface area contributed by atoms with Gasteiger partial charge in [0.25, 0.3) is 5.91 Å². The Hall–Kier alpha value is -3.29. The molecule has 0 aromatic heterocycles. The van der Waals surface area contributed by atoms with Gasteiger partial charge in [-0.2, -0.15) is 0 Å². The van der Waals surface area contributed by atoms with Gasteiger partial charge in [-0.25, -0.2) is 13.6 Å². The number of carbonyl (C=O) groups excluding carboxylic acids is 3. The zero-order valence-corrected chi connectivity index (χ0v) is 18.8. The maximum absolute atomic E-state index is 13.7. The van der Waals surface area contributed by atoms with Gasteiger partial charge in [0.05, 0.1) is 0 Å². The first-order chi connectivity index (χ1) is 15.0. The molecule has 8 heteroatoms. The molecule has 0 aliphatic carbocycles. The van der Waals surface area contributed by atoms with Gasteiger partial charge >= 0.3 is 6.03 Å². The summed E-state index contributed by atoms with van der Waals surface area (Å²) >= 11 is 0. The van der Waals surface area contributed by atoms with Crippen LogP contribution >= 0.6 is 0 Å². The van der Waals surface area contributed by atoms with Crippen molar-refractivity contribution in [1.29, 1.82) is 0 Å². The van der Waals surface area contributed by atoms with Gasteiger partial charge in [-0.05, 0) is 47.6 Å². The Bertz CT molecular complexity index is 1060. The summed E-state index contributed by atoms with van der Waals surface area (Å²) in [7, 11) is 0. The summed E-state index contributed by atoms with van der Waals surface area (Å²) in [6.07, 6.45) is 0. The third kappa shape index (κ3) is 4.22. The highest BCUT2D eigenvalue weighted by molar-refractivity contribution is 6.10. The standard InChI is InChI=1S/C24H27F2N3O3/c1-13(2)16-7-6-8-17(14(3)4)21(16)27-20(30)12-29-22(31)24(5,28-23(29)32)15-9-10-18(25)19(26)11-15/h6-11,13-14H,12H2,1-5H3,(H,27,30)(H,28,32). The van der Waals surface area contributed by atoms with E-state index in [1.165, 1.54) is 13.0 Å². The van der Waals surface area contributed by atoms with E-state index >= 15 is 0 Å². The molecule has 0 saturated carbocycles. The zero-order valence-electron chi connectivity index (χ0n) is 18.8. The van der Waals surface area contributed by atoms with E-state index in [-0.39, 0.29) is 17.4 Å². The lowest BCUT2D eigenvalue weighted by atomic mass is 9.92. The van der Waals surface area contributed by atoms with Crippen LogP contribution in [0.3, 0.4) is 0 Å². The van der Waals surface area contributed by atoms with Crippen molar-refractivity contribution >= 4 is 23.5 Å². The van der Waals surface area contributed by atoms with Crippen LogP contribution in [0.2, 0.25) is 0 Å². The Morgan fingerprint density at radius 2 is 1.62 bits per heavy atom. The number of hydrogen-bond acceptors (Lipinski definition) is 3. The normalized spacial score (nSPS) is 18.5. The second-order valence-electron chi connectivity index (χ2n) is 8.74. The average Bonchev–Trinajstić information content (AvgIpc) is 2.93. The highest BCUT2D eigenvalue weighted by Gasteiger charge is 2.49. The van der Waals surface area contributed by atoms with Crippen molar-refractivity contribution in [1.82, 2.24) is 10.2 Å². The number of carbonyl (C=O) groups is 3. The number of rotatable bonds is 6. The van der Waals surface area contributed by atoms with Gasteiger partial charge in [0, 0.05) is 5.69 Å². The Kier molecular flexibility index (Phi) is 6.34. The van der Waals surface area contributed by atoms with Crippen LogP contribution in [0.5, 0.6) is 0 Å². The minimum absolute atomic E-state index is 0.0879. The second-order valence-corrected chi connectivity index (χ2v) is 8.74. The number of benzene rings is 2. The summed E-state index contributed by atoms with van der Waals surface area (Å²) in [4.78, 5) is 39.2. The molecule has 170 valence electrons. The summed E-state index contributed by atoms with van der Waals surface area (Å²) in [5.74, 6) is -3.14. The van der Waals surface area contributed by atoms with Gasteiger partial charge in [0.1, 0.15) is 12.1 Å². The Morgan fingerprint density at radius 3 is 2.16 bits per heavy atom. The minimum Gasteiger partial charge on any atom is -0.324 e. The van der Waals surface area contributed by atoms with E-state index in [2.05, 4.69) is 10.6 Å². The van der Waals surface area contributed by atoms with E-state index in [0.29, 0.717) is 5.69 Å². The quantitative estimate of drug-likeness (QED) is 0.640. The topological polar surface area (TPSA) is 78.5 Å². The van der Waals surface area contributed by atoms with E-state index in [1.54, 1.807) is 0 Å². The molecule has 2 aromatic rings. The monoisotopic (exact) mass is 443 g/mol. The van der Waals surface area contributed by atoms with Crippen molar-refractivity contribution in [2.45, 2.75) is 52.0 Å². The lowest BCUT2D eigenvalue weighted by Crippen LogP contribution is -2.42. The first-order valence-electron chi connectivity index (χ1n) is 10.5. The lowest BCUT2D eigenvalue weighted by molar-refractivity contribution is -0.133. The third-order valence-corrected chi connectivity index (χ3v) is 5.71. The SMILES string of the molecule is CC(C)c1cccc(C(C)C)c1NC(=O)CN1C(=O)NC(C)(c2ccc(F)c(F)c2)C1=O. The number of halogens is 2. The molecule has 1 saturated heterocycles. The van der Waals surface area contributed by atoms with Gasteiger partial charge in [0.2, 0.25) is 5.91 Å².